The maximum absolute atomic E-state index is 3.74. The molecular formula is C14H23NS. The zero-order valence-corrected chi connectivity index (χ0v) is 11.3. The van der Waals surface area contributed by atoms with E-state index in [2.05, 4.69) is 30.6 Å². The molecule has 0 bridgehead atoms. The van der Waals surface area contributed by atoms with E-state index < -0.39 is 0 Å². The lowest BCUT2D eigenvalue weighted by Crippen LogP contribution is -2.33. The van der Waals surface area contributed by atoms with Gasteiger partial charge in [-0.1, -0.05) is 26.2 Å². The number of nitrogens with one attached hydrogen (secondary N) is 1. The van der Waals surface area contributed by atoms with E-state index >= 15 is 0 Å². The lowest BCUT2D eigenvalue weighted by Gasteiger charge is -2.29. The Bertz CT molecular complexity index is 318. The molecule has 1 aliphatic carbocycles. The second-order valence-corrected chi connectivity index (χ2v) is 6.05. The van der Waals surface area contributed by atoms with Crippen molar-refractivity contribution in [3.63, 3.8) is 0 Å². The molecule has 1 fully saturated rings. The summed E-state index contributed by atoms with van der Waals surface area (Å²) in [4.78, 5) is 1.51. The van der Waals surface area contributed by atoms with E-state index in [1.165, 1.54) is 42.5 Å². The minimum atomic E-state index is 0.764. The van der Waals surface area contributed by atoms with Crippen molar-refractivity contribution in [2.45, 2.75) is 58.5 Å². The zero-order chi connectivity index (χ0) is 11.4. The average Bonchev–Trinajstić information content (AvgIpc) is 2.72. The number of thiophene rings is 1. The monoisotopic (exact) mass is 237 g/mol. The van der Waals surface area contributed by atoms with Crippen molar-refractivity contribution < 1.29 is 0 Å². The van der Waals surface area contributed by atoms with E-state index in [0.717, 1.165) is 18.5 Å². The van der Waals surface area contributed by atoms with Gasteiger partial charge in [-0.3, -0.25) is 0 Å². The van der Waals surface area contributed by atoms with Gasteiger partial charge in [-0.05, 0) is 42.7 Å². The van der Waals surface area contributed by atoms with Gasteiger partial charge in [0, 0.05) is 17.5 Å². The Morgan fingerprint density at radius 2 is 2.31 bits per heavy atom. The summed E-state index contributed by atoms with van der Waals surface area (Å²) < 4.78 is 0. The maximum Gasteiger partial charge on any atom is 0.0304 e. The van der Waals surface area contributed by atoms with Crippen LogP contribution < -0.4 is 5.32 Å². The van der Waals surface area contributed by atoms with Crippen LogP contribution in [0.2, 0.25) is 0 Å². The minimum absolute atomic E-state index is 0.764. The fourth-order valence-corrected chi connectivity index (χ4v) is 3.53. The summed E-state index contributed by atoms with van der Waals surface area (Å²) in [5.41, 5.74) is 1.44. The normalized spacial score (nSPS) is 25.9. The highest BCUT2D eigenvalue weighted by Gasteiger charge is 2.20. The van der Waals surface area contributed by atoms with Crippen molar-refractivity contribution in [1.82, 2.24) is 5.32 Å². The molecule has 1 nitrogen and oxygen atoms in total. The topological polar surface area (TPSA) is 12.0 Å². The van der Waals surface area contributed by atoms with Gasteiger partial charge in [0.2, 0.25) is 0 Å². The Morgan fingerprint density at radius 1 is 1.44 bits per heavy atom. The van der Waals surface area contributed by atoms with E-state index in [-0.39, 0.29) is 0 Å². The fourth-order valence-electron chi connectivity index (χ4n) is 2.67. The molecule has 1 N–H and O–H groups in total. The molecule has 0 aliphatic heterocycles. The third-order valence-electron chi connectivity index (χ3n) is 3.88. The first-order valence-corrected chi connectivity index (χ1v) is 7.44. The molecule has 0 spiro atoms. The van der Waals surface area contributed by atoms with Gasteiger partial charge in [0.1, 0.15) is 0 Å². The van der Waals surface area contributed by atoms with Gasteiger partial charge in [-0.25, -0.2) is 0 Å². The summed E-state index contributed by atoms with van der Waals surface area (Å²) in [6.07, 6.45) is 6.99. The fraction of sp³-hybridized carbons (Fsp3) is 0.714. The van der Waals surface area contributed by atoms with Crippen LogP contribution in [0.25, 0.3) is 0 Å². The smallest absolute Gasteiger partial charge is 0.0304 e. The third-order valence-corrected chi connectivity index (χ3v) is 4.90. The number of aryl methyl sites for hydroxylation is 1. The molecule has 2 rings (SSSR count). The summed E-state index contributed by atoms with van der Waals surface area (Å²) in [5, 5.41) is 5.94. The lowest BCUT2D eigenvalue weighted by molar-refractivity contribution is 0.279. The molecule has 0 amide bonds. The third kappa shape index (κ3) is 3.08. The molecule has 1 aromatic rings. The molecule has 1 saturated carbocycles. The lowest BCUT2D eigenvalue weighted by atomic mass is 9.84. The van der Waals surface area contributed by atoms with Crippen molar-refractivity contribution in [1.29, 1.82) is 0 Å². The second kappa shape index (κ2) is 5.83. The van der Waals surface area contributed by atoms with Crippen LogP contribution in [0.15, 0.2) is 11.4 Å². The van der Waals surface area contributed by atoms with E-state index in [0.29, 0.717) is 0 Å². The first-order valence-electron chi connectivity index (χ1n) is 6.56. The van der Waals surface area contributed by atoms with E-state index in [1.807, 2.05) is 11.3 Å². The molecule has 2 atom stereocenters. The van der Waals surface area contributed by atoms with Crippen molar-refractivity contribution in [2.24, 2.45) is 5.92 Å². The first kappa shape index (κ1) is 12.1. The molecule has 0 aromatic carbocycles. The standard InChI is InChI=1S/C14H23NS/c1-3-12-5-4-6-13(9-12)15-10-14-11(2)7-8-16-14/h7-8,12-13,15H,3-6,9-10H2,1-2H3. The Balaban J connectivity index is 1.79. The van der Waals surface area contributed by atoms with E-state index in [1.54, 1.807) is 0 Å². The van der Waals surface area contributed by atoms with Gasteiger partial charge >= 0.3 is 0 Å². The van der Waals surface area contributed by atoms with Gasteiger partial charge in [0.05, 0.1) is 0 Å². The quantitative estimate of drug-likeness (QED) is 0.831. The van der Waals surface area contributed by atoms with Crippen molar-refractivity contribution >= 4 is 11.3 Å². The summed E-state index contributed by atoms with van der Waals surface area (Å²) in [6, 6.07) is 2.98. The van der Waals surface area contributed by atoms with Gasteiger partial charge in [-0.2, -0.15) is 0 Å². The largest absolute Gasteiger partial charge is 0.309 e. The molecule has 1 aliphatic rings. The van der Waals surface area contributed by atoms with Gasteiger partial charge in [-0.15, -0.1) is 11.3 Å². The highest BCUT2D eigenvalue weighted by atomic mass is 32.1. The predicted molar refractivity (Wildman–Crippen MR) is 71.9 cm³/mol. The molecule has 16 heavy (non-hydrogen) atoms. The van der Waals surface area contributed by atoms with Gasteiger partial charge < -0.3 is 5.32 Å². The Labute approximate surface area is 103 Å². The molecule has 1 aromatic heterocycles. The molecule has 2 unspecified atom stereocenters. The summed E-state index contributed by atoms with van der Waals surface area (Å²) in [6.45, 7) is 5.62. The van der Waals surface area contributed by atoms with Crippen molar-refractivity contribution in [2.75, 3.05) is 0 Å². The molecule has 90 valence electrons. The highest BCUT2D eigenvalue weighted by molar-refractivity contribution is 7.10. The van der Waals surface area contributed by atoms with Crippen LogP contribution in [0.1, 0.15) is 49.5 Å². The SMILES string of the molecule is CCC1CCCC(NCc2sccc2C)C1. The second-order valence-electron chi connectivity index (χ2n) is 5.05. The van der Waals surface area contributed by atoms with Crippen LogP contribution in [-0.4, -0.2) is 6.04 Å². The van der Waals surface area contributed by atoms with E-state index in [9.17, 15) is 0 Å². The Morgan fingerprint density at radius 3 is 3.00 bits per heavy atom. The van der Waals surface area contributed by atoms with Gasteiger partial charge in [0.25, 0.3) is 0 Å². The van der Waals surface area contributed by atoms with Crippen LogP contribution >= 0.6 is 11.3 Å². The van der Waals surface area contributed by atoms with Gasteiger partial charge in [0.15, 0.2) is 0 Å². The van der Waals surface area contributed by atoms with Crippen LogP contribution in [0.5, 0.6) is 0 Å². The van der Waals surface area contributed by atoms with Crippen molar-refractivity contribution in [3.8, 4) is 0 Å². The number of rotatable bonds is 4. The van der Waals surface area contributed by atoms with Crippen LogP contribution in [-0.2, 0) is 6.54 Å². The number of hydrogen-bond acceptors (Lipinski definition) is 2. The predicted octanol–water partition coefficient (Wildman–Crippen LogP) is 4.11. The summed E-state index contributed by atoms with van der Waals surface area (Å²) >= 11 is 1.88. The van der Waals surface area contributed by atoms with Crippen LogP contribution in [0, 0.1) is 12.8 Å². The van der Waals surface area contributed by atoms with Crippen LogP contribution in [0.3, 0.4) is 0 Å². The summed E-state index contributed by atoms with van der Waals surface area (Å²) in [7, 11) is 0. The summed E-state index contributed by atoms with van der Waals surface area (Å²) in [5.74, 6) is 0.968. The molecule has 0 radical (unpaired) electrons. The highest BCUT2D eigenvalue weighted by Crippen LogP contribution is 2.27. The first-order chi connectivity index (χ1) is 7.79. The maximum atomic E-state index is 3.74. The Kier molecular flexibility index (Phi) is 4.42. The molecule has 0 saturated heterocycles. The molecular weight excluding hydrogens is 214 g/mol. The molecule has 2 heteroatoms. The number of hydrogen-bond donors (Lipinski definition) is 1. The Hall–Kier alpha value is -0.340. The zero-order valence-electron chi connectivity index (χ0n) is 10.5. The average molecular weight is 237 g/mol. The molecule has 1 heterocycles. The minimum Gasteiger partial charge on any atom is -0.309 e. The van der Waals surface area contributed by atoms with Crippen molar-refractivity contribution in [3.05, 3.63) is 21.9 Å². The van der Waals surface area contributed by atoms with E-state index in [4.69, 9.17) is 0 Å². The van der Waals surface area contributed by atoms with Crippen LogP contribution in [0.4, 0.5) is 0 Å².